The minimum atomic E-state index is -0.0932. The maximum atomic E-state index is 12.3. The molecule has 0 aromatic carbocycles. The predicted octanol–water partition coefficient (Wildman–Crippen LogP) is 1.64. The van der Waals surface area contributed by atoms with Gasteiger partial charge in [-0.25, -0.2) is 0 Å². The van der Waals surface area contributed by atoms with E-state index in [0.29, 0.717) is 26.1 Å². The fourth-order valence-electron chi connectivity index (χ4n) is 2.29. The molecule has 1 aliphatic rings. The fourth-order valence-corrected chi connectivity index (χ4v) is 2.67. The lowest BCUT2D eigenvalue weighted by atomic mass is 10.2. The second-order valence-electron chi connectivity index (χ2n) is 5.17. The lowest BCUT2D eigenvalue weighted by molar-refractivity contribution is -0.143. The highest BCUT2D eigenvalue weighted by molar-refractivity contribution is 9.10. The highest BCUT2D eigenvalue weighted by Crippen LogP contribution is 2.13. The Morgan fingerprint density at radius 2 is 2.20 bits per heavy atom. The molecule has 1 aliphatic heterocycles. The van der Waals surface area contributed by atoms with Crippen molar-refractivity contribution in [2.45, 2.75) is 39.0 Å². The van der Waals surface area contributed by atoms with E-state index in [0.717, 1.165) is 4.47 Å². The number of ether oxygens (including phenoxy) is 1. The molecule has 0 unspecified atom stereocenters. The lowest BCUT2D eigenvalue weighted by Crippen LogP contribution is -2.50. The van der Waals surface area contributed by atoms with Gasteiger partial charge in [0.2, 0.25) is 5.91 Å². The predicted molar refractivity (Wildman–Crippen MR) is 79.6 cm³/mol. The Labute approximate surface area is 126 Å². The first-order valence-corrected chi connectivity index (χ1v) is 7.53. The van der Waals surface area contributed by atoms with E-state index in [4.69, 9.17) is 4.74 Å². The number of aryl methyl sites for hydroxylation is 1. The molecule has 110 valence electrons. The van der Waals surface area contributed by atoms with Crippen molar-refractivity contribution < 1.29 is 9.53 Å². The van der Waals surface area contributed by atoms with Gasteiger partial charge in [0, 0.05) is 36.2 Å². The fraction of sp³-hybridized carbons (Fsp3) is 0.571. The van der Waals surface area contributed by atoms with Crippen LogP contribution in [0.2, 0.25) is 0 Å². The molecule has 0 bridgehead atoms. The van der Waals surface area contributed by atoms with Gasteiger partial charge < -0.3 is 14.2 Å². The molecular formula is C14H19BrN2O3. The molecule has 1 amide bonds. The molecule has 5 nitrogen and oxygen atoms in total. The van der Waals surface area contributed by atoms with Gasteiger partial charge in [0.15, 0.2) is 0 Å². The molecule has 0 radical (unpaired) electrons. The average molecular weight is 343 g/mol. The van der Waals surface area contributed by atoms with E-state index in [1.165, 1.54) is 6.07 Å². The quantitative estimate of drug-likeness (QED) is 0.838. The van der Waals surface area contributed by atoms with Crippen LogP contribution in [0, 0.1) is 0 Å². The summed E-state index contributed by atoms with van der Waals surface area (Å²) in [6.45, 7) is 5.53. The van der Waals surface area contributed by atoms with Crippen LogP contribution in [0.1, 0.15) is 20.3 Å². The van der Waals surface area contributed by atoms with Crippen LogP contribution in [-0.4, -0.2) is 40.7 Å². The van der Waals surface area contributed by atoms with Crippen LogP contribution in [-0.2, 0) is 16.1 Å². The molecule has 0 saturated carbocycles. The Balaban J connectivity index is 1.98. The third-order valence-electron chi connectivity index (χ3n) is 3.44. The second-order valence-corrected chi connectivity index (χ2v) is 6.08. The number of carbonyl (C=O) groups excluding carboxylic acids is 1. The van der Waals surface area contributed by atoms with Crippen LogP contribution in [0.25, 0.3) is 0 Å². The Bertz CT molecular complexity index is 543. The summed E-state index contributed by atoms with van der Waals surface area (Å²) in [6.07, 6.45) is 2.11. The summed E-state index contributed by atoms with van der Waals surface area (Å²) < 4.78 is 7.90. The van der Waals surface area contributed by atoms with Gasteiger partial charge in [-0.1, -0.05) is 0 Å². The summed E-state index contributed by atoms with van der Waals surface area (Å²) in [5, 5.41) is 0. The minimum Gasteiger partial charge on any atom is -0.375 e. The van der Waals surface area contributed by atoms with E-state index in [1.54, 1.807) is 16.8 Å². The Hall–Kier alpha value is -1.14. The lowest BCUT2D eigenvalue weighted by Gasteiger charge is -2.36. The summed E-state index contributed by atoms with van der Waals surface area (Å²) in [4.78, 5) is 25.8. The number of nitrogens with zero attached hydrogens (tertiary/aromatic N) is 2. The SMILES string of the molecule is C[C@H]1CN(C(=O)CCn2cc(Br)ccc2=O)[C@@H](C)CO1. The monoisotopic (exact) mass is 342 g/mol. The van der Waals surface area contributed by atoms with Gasteiger partial charge in [-0.15, -0.1) is 0 Å². The molecule has 2 atom stereocenters. The number of rotatable bonds is 3. The van der Waals surface area contributed by atoms with Crippen molar-refractivity contribution in [1.82, 2.24) is 9.47 Å². The van der Waals surface area contributed by atoms with Crippen molar-refractivity contribution in [3.05, 3.63) is 33.2 Å². The summed E-state index contributed by atoms with van der Waals surface area (Å²) in [5.41, 5.74) is -0.0932. The molecule has 1 fully saturated rings. The first-order chi connectivity index (χ1) is 9.47. The minimum absolute atomic E-state index is 0.0690. The number of hydrogen-bond acceptors (Lipinski definition) is 3. The number of pyridine rings is 1. The van der Waals surface area contributed by atoms with E-state index < -0.39 is 0 Å². The topological polar surface area (TPSA) is 51.5 Å². The standard InChI is InChI=1S/C14H19BrN2O3/c1-10-9-20-11(2)7-17(10)14(19)5-6-16-8-12(15)3-4-13(16)18/h3-4,8,10-11H,5-7,9H2,1-2H3/t10-,11-/m0/s1. The molecule has 20 heavy (non-hydrogen) atoms. The van der Waals surface area contributed by atoms with Crippen molar-refractivity contribution >= 4 is 21.8 Å². The van der Waals surface area contributed by atoms with Crippen LogP contribution in [0.3, 0.4) is 0 Å². The first kappa shape index (κ1) is 15.3. The van der Waals surface area contributed by atoms with Crippen LogP contribution in [0.4, 0.5) is 0 Å². The Morgan fingerprint density at radius 3 is 2.95 bits per heavy atom. The summed E-state index contributed by atoms with van der Waals surface area (Å²) in [7, 11) is 0. The summed E-state index contributed by atoms with van der Waals surface area (Å²) in [5.74, 6) is 0.0690. The van der Waals surface area contributed by atoms with Crippen LogP contribution >= 0.6 is 15.9 Å². The zero-order valence-electron chi connectivity index (χ0n) is 11.7. The number of halogens is 1. The van der Waals surface area contributed by atoms with Gasteiger partial charge >= 0.3 is 0 Å². The van der Waals surface area contributed by atoms with Gasteiger partial charge in [-0.3, -0.25) is 9.59 Å². The van der Waals surface area contributed by atoms with Crippen LogP contribution < -0.4 is 5.56 Å². The van der Waals surface area contributed by atoms with Crippen molar-refractivity contribution in [1.29, 1.82) is 0 Å². The van der Waals surface area contributed by atoms with Crippen molar-refractivity contribution in [2.75, 3.05) is 13.2 Å². The maximum absolute atomic E-state index is 12.3. The Kier molecular flexibility index (Phi) is 4.99. The van der Waals surface area contributed by atoms with E-state index in [1.807, 2.05) is 18.7 Å². The average Bonchev–Trinajstić information content (AvgIpc) is 2.42. The number of hydrogen-bond donors (Lipinski definition) is 0. The van der Waals surface area contributed by atoms with Crippen molar-refractivity contribution in [3.8, 4) is 0 Å². The largest absolute Gasteiger partial charge is 0.375 e. The Morgan fingerprint density at radius 1 is 1.45 bits per heavy atom. The van der Waals surface area contributed by atoms with Gasteiger partial charge in [0.05, 0.1) is 18.8 Å². The normalized spacial score (nSPS) is 22.9. The molecule has 0 aliphatic carbocycles. The van der Waals surface area contributed by atoms with E-state index >= 15 is 0 Å². The molecule has 1 aromatic heterocycles. The first-order valence-electron chi connectivity index (χ1n) is 6.74. The van der Waals surface area contributed by atoms with E-state index in [2.05, 4.69) is 15.9 Å². The van der Waals surface area contributed by atoms with E-state index in [9.17, 15) is 9.59 Å². The molecular weight excluding hydrogens is 324 g/mol. The highest BCUT2D eigenvalue weighted by atomic mass is 79.9. The third kappa shape index (κ3) is 3.70. The second kappa shape index (κ2) is 6.54. The zero-order chi connectivity index (χ0) is 14.7. The highest BCUT2D eigenvalue weighted by Gasteiger charge is 2.27. The van der Waals surface area contributed by atoms with Gasteiger partial charge in [0.1, 0.15) is 0 Å². The van der Waals surface area contributed by atoms with Gasteiger partial charge in [-0.2, -0.15) is 0 Å². The van der Waals surface area contributed by atoms with E-state index in [-0.39, 0.29) is 23.6 Å². The number of aromatic nitrogens is 1. The number of amides is 1. The molecule has 2 heterocycles. The molecule has 0 spiro atoms. The van der Waals surface area contributed by atoms with Crippen molar-refractivity contribution in [3.63, 3.8) is 0 Å². The van der Waals surface area contributed by atoms with Gasteiger partial charge in [0.25, 0.3) is 5.56 Å². The zero-order valence-corrected chi connectivity index (χ0v) is 13.3. The summed E-state index contributed by atoms with van der Waals surface area (Å²) in [6, 6.07) is 3.29. The third-order valence-corrected chi connectivity index (χ3v) is 3.91. The number of carbonyl (C=O) groups is 1. The van der Waals surface area contributed by atoms with Gasteiger partial charge in [-0.05, 0) is 35.8 Å². The van der Waals surface area contributed by atoms with Crippen molar-refractivity contribution in [2.24, 2.45) is 0 Å². The van der Waals surface area contributed by atoms with Crippen LogP contribution in [0.5, 0.6) is 0 Å². The molecule has 2 rings (SSSR count). The maximum Gasteiger partial charge on any atom is 0.250 e. The molecule has 0 N–H and O–H groups in total. The van der Waals surface area contributed by atoms with Crippen LogP contribution in [0.15, 0.2) is 27.6 Å². The molecule has 1 aromatic rings. The number of morpholine rings is 1. The molecule has 6 heteroatoms. The molecule has 1 saturated heterocycles. The smallest absolute Gasteiger partial charge is 0.250 e. The summed E-state index contributed by atoms with van der Waals surface area (Å²) >= 11 is 3.33.